The van der Waals surface area contributed by atoms with Crippen molar-refractivity contribution < 1.29 is 4.79 Å². The van der Waals surface area contributed by atoms with E-state index in [1.807, 2.05) is 19.9 Å². The molecule has 1 amide bonds. The van der Waals surface area contributed by atoms with Crippen LogP contribution < -0.4 is 0 Å². The Labute approximate surface area is 103 Å². The quantitative estimate of drug-likeness (QED) is 0.815. The molecule has 0 saturated heterocycles. The van der Waals surface area contributed by atoms with Gasteiger partial charge in [-0.2, -0.15) is 0 Å². The van der Waals surface area contributed by atoms with E-state index in [1.54, 1.807) is 24.1 Å². The van der Waals surface area contributed by atoms with Gasteiger partial charge in [0.25, 0.3) is 5.91 Å². The summed E-state index contributed by atoms with van der Waals surface area (Å²) >= 11 is 9.29. The Bertz CT molecular complexity index is 379. The molecule has 2 nitrogen and oxygen atoms in total. The Morgan fingerprint density at radius 1 is 1.47 bits per heavy atom. The highest BCUT2D eigenvalue weighted by atomic mass is 79.9. The lowest BCUT2D eigenvalue weighted by Gasteiger charge is -2.22. The largest absolute Gasteiger partial charge is 0.339 e. The predicted molar refractivity (Wildman–Crippen MR) is 66.4 cm³/mol. The zero-order valence-corrected chi connectivity index (χ0v) is 11.3. The lowest BCUT2D eigenvalue weighted by molar-refractivity contribution is 0.0755. The monoisotopic (exact) mass is 289 g/mol. The van der Waals surface area contributed by atoms with Gasteiger partial charge in [-0.1, -0.05) is 27.5 Å². The molecule has 0 aliphatic rings. The molecule has 1 aromatic carbocycles. The minimum Gasteiger partial charge on any atom is -0.339 e. The minimum absolute atomic E-state index is 0.0590. The first-order chi connectivity index (χ1) is 6.93. The maximum Gasteiger partial charge on any atom is 0.255 e. The van der Waals surface area contributed by atoms with Gasteiger partial charge >= 0.3 is 0 Å². The van der Waals surface area contributed by atoms with Gasteiger partial charge in [-0.3, -0.25) is 4.79 Å². The highest BCUT2D eigenvalue weighted by Crippen LogP contribution is 2.22. The average Bonchev–Trinajstić information content (AvgIpc) is 2.19. The number of amides is 1. The van der Waals surface area contributed by atoms with Crippen molar-refractivity contribution in [3.8, 4) is 0 Å². The van der Waals surface area contributed by atoms with Crippen LogP contribution in [0.1, 0.15) is 24.2 Å². The van der Waals surface area contributed by atoms with Crippen molar-refractivity contribution in [3.05, 3.63) is 33.3 Å². The second kappa shape index (κ2) is 4.99. The predicted octanol–water partition coefficient (Wildman–Crippen LogP) is 3.58. The molecule has 0 unspecified atom stereocenters. The molecule has 0 aliphatic heterocycles. The van der Waals surface area contributed by atoms with E-state index in [0.717, 1.165) is 4.47 Å². The number of hydrogen-bond donors (Lipinski definition) is 0. The van der Waals surface area contributed by atoms with Crippen molar-refractivity contribution in [2.75, 3.05) is 7.05 Å². The van der Waals surface area contributed by atoms with Crippen LogP contribution in [-0.4, -0.2) is 23.9 Å². The van der Waals surface area contributed by atoms with Crippen LogP contribution in [0.4, 0.5) is 0 Å². The van der Waals surface area contributed by atoms with Crippen molar-refractivity contribution >= 4 is 33.4 Å². The van der Waals surface area contributed by atoms with E-state index in [2.05, 4.69) is 15.9 Å². The summed E-state index contributed by atoms with van der Waals surface area (Å²) in [4.78, 5) is 13.6. The fourth-order valence-electron chi connectivity index (χ4n) is 1.09. The van der Waals surface area contributed by atoms with Gasteiger partial charge in [0.15, 0.2) is 0 Å². The minimum atomic E-state index is -0.0590. The summed E-state index contributed by atoms with van der Waals surface area (Å²) in [5, 5.41) is 0.482. The van der Waals surface area contributed by atoms with E-state index in [0.29, 0.717) is 10.6 Å². The number of halogens is 2. The zero-order chi connectivity index (χ0) is 11.6. The van der Waals surface area contributed by atoms with Gasteiger partial charge in [0, 0.05) is 17.6 Å². The maximum atomic E-state index is 12.0. The number of hydrogen-bond acceptors (Lipinski definition) is 1. The Balaban J connectivity index is 3.05. The van der Waals surface area contributed by atoms with E-state index in [-0.39, 0.29) is 11.9 Å². The summed E-state index contributed by atoms with van der Waals surface area (Å²) in [7, 11) is 1.77. The Morgan fingerprint density at radius 2 is 2.07 bits per heavy atom. The number of rotatable bonds is 2. The van der Waals surface area contributed by atoms with Crippen molar-refractivity contribution in [3.63, 3.8) is 0 Å². The molecule has 82 valence electrons. The lowest BCUT2D eigenvalue weighted by Crippen LogP contribution is -2.33. The number of benzene rings is 1. The zero-order valence-electron chi connectivity index (χ0n) is 8.92. The molecule has 0 heterocycles. The van der Waals surface area contributed by atoms with E-state index in [4.69, 9.17) is 11.6 Å². The van der Waals surface area contributed by atoms with Crippen molar-refractivity contribution in [1.82, 2.24) is 4.90 Å². The van der Waals surface area contributed by atoms with Crippen LogP contribution in [0.3, 0.4) is 0 Å². The third-order valence-corrected chi connectivity index (χ3v) is 3.08. The summed E-state index contributed by atoms with van der Waals surface area (Å²) in [5.74, 6) is -0.0590. The molecule has 0 saturated carbocycles. The smallest absolute Gasteiger partial charge is 0.255 e. The van der Waals surface area contributed by atoms with Crippen LogP contribution in [0.15, 0.2) is 22.7 Å². The van der Waals surface area contributed by atoms with E-state index < -0.39 is 0 Å². The molecule has 0 bridgehead atoms. The van der Waals surface area contributed by atoms with Crippen LogP contribution in [0, 0.1) is 0 Å². The Morgan fingerprint density at radius 3 is 2.60 bits per heavy atom. The van der Waals surface area contributed by atoms with Crippen molar-refractivity contribution in [1.29, 1.82) is 0 Å². The molecule has 4 heteroatoms. The number of carbonyl (C=O) groups excluding carboxylic acids is 1. The molecule has 1 aromatic rings. The van der Waals surface area contributed by atoms with Gasteiger partial charge in [-0.05, 0) is 32.0 Å². The highest BCUT2D eigenvalue weighted by Gasteiger charge is 2.17. The summed E-state index contributed by atoms with van der Waals surface area (Å²) in [6.45, 7) is 3.92. The summed E-state index contributed by atoms with van der Waals surface area (Å²) in [5.41, 5.74) is 0.530. The van der Waals surface area contributed by atoms with Gasteiger partial charge < -0.3 is 4.90 Å². The van der Waals surface area contributed by atoms with Crippen molar-refractivity contribution in [2.24, 2.45) is 0 Å². The molecule has 15 heavy (non-hydrogen) atoms. The third-order valence-electron chi connectivity index (χ3n) is 2.25. The second-order valence-electron chi connectivity index (χ2n) is 3.63. The first kappa shape index (κ1) is 12.5. The van der Waals surface area contributed by atoms with Crippen molar-refractivity contribution in [2.45, 2.75) is 19.9 Å². The topological polar surface area (TPSA) is 20.3 Å². The van der Waals surface area contributed by atoms with Gasteiger partial charge in [-0.25, -0.2) is 0 Å². The second-order valence-corrected chi connectivity index (χ2v) is 4.96. The molecule has 0 fully saturated rings. The fourth-order valence-corrected chi connectivity index (χ4v) is 1.65. The summed E-state index contributed by atoms with van der Waals surface area (Å²) in [6, 6.07) is 5.43. The molecule has 0 aromatic heterocycles. The van der Waals surface area contributed by atoms with Gasteiger partial charge in [-0.15, -0.1) is 0 Å². The van der Waals surface area contributed by atoms with Gasteiger partial charge in [0.1, 0.15) is 0 Å². The summed E-state index contributed by atoms with van der Waals surface area (Å²) < 4.78 is 0.854. The normalized spacial score (nSPS) is 10.5. The molecule has 0 aliphatic carbocycles. The van der Waals surface area contributed by atoms with Gasteiger partial charge in [0.05, 0.1) is 10.6 Å². The third kappa shape index (κ3) is 2.95. The van der Waals surface area contributed by atoms with E-state index >= 15 is 0 Å². The van der Waals surface area contributed by atoms with Crippen LogP contribution in [0.2, 0.25) is 5.02 Å². The molecular weight excluding hydrogens is 277 g/mol. The molecule has 0 radical (unpaired) electrons. The first-order valence-electron chi connectivity index (χ1n) is 4.65. The summed E-state index contributed by atoms with van der Waals surface area (Å²) in [6.07, 6.45) is 0. The number of nitrogens with zero attached hydrogens (tertiary/aromatic N) is 1. The number of carbonyl (C=O) groups is 1. The van der Waals surface area contributed by atoms with E-state index in [1.165, 1.54) is 0 Å². The average molecular weight is 291 g/mol. The van der Waals surface area contributed by atoms with E-state index in [9.17, 15) is 4.79 Å². The van der Waals surface area contributed by atoms with Crippen LogP contribution in [-0.2, 0) is 0 Å². The maximum absolute atomic E-state index is 12.0. The molecule has 0 spiro atoms. The van der Waals surface area contributed by atoms with Crippen LogP contribution >= 0.6 is 27.5 Å². The molecule has 1 rings (SSSR count). The SMILES string of the molecule is CC(C)N(C)C(=O)c1cc(Br)ccc1Cl. The standard InChI is InChI=1S/C11H13BrClNO/c1-7(2)14(3)11(15)9-6-8(12)4-5-10(9)13/h4-7H,1-3H3. The van der Waals surface area contributed by atoms with Crippen LogP contribution in [0.25, 0.3) is 0 Å². The molecule has 0 N–H and O–H groups in total. The Hall–Kier alpha value is -0.540. The molecular formula is C11H13BrClNO. The first-order valence-corrected chi connectivity index (χ1v) is 5.82. The fraction of sp³-hybridized carbons (Fsp3) is 0.364. The van der Waals surface area contributed by atoms with Crippen LogP contribution in [0.5, 0.6) is 0 Å². The lowest BCUT2D eigenvalue weighted by atomic mass is 10.2. The highest BCUT2D eigenvalue weighted by molar-refractivity contribution is 9.10. The van der Waals surface area contributed by atoms with Gasteiger partial charge in [0.2, 0.25) is 0 Å². The Kier molecular flexibility index (Phi) is 4.17. The molecule has 0 atom stereocenters.